The van der Waals surface area contributed by atoms with E-state index < -0.39 is 82.8 Å². The SMILES string of the molecule is CCC(C)C(C(CC(=O)N1CCCC1C(OC)C(C)C(=O)NC(C)C(OC(=O)Nc1ccc(/C(C)=N/NC(=O)c2ccc(NC(=O)CCCCCN3C(=O)C=CC3=O)cc2[N+](=O)[O-])cc1)c1ccccc1)OC)N(C)C(=O)CNC(=O)C(C(C)C)N(C)C. The Morgan fingerprint density at radius 2 is 1.49 bits per heavy atom. The normalized spacial score (nSPS) is 16.9. The number of carbonyl (C=O) groups excluding carboxylic acids is 9. The predicted octanol–water partition coefficient (Wildman–Crippen LogP) is 6.59. The number of unbranched alkanes of at least 4 members (excludes halogenated alkanes) is 2. The van der Waals surface area contributed by atoms with Gasteiger partial charge in [0, 0.05) is 70.4 Å². The molecule has 5 N–H and O–H groups in total. The van der Waals surface area contributed by atoms with Crippen LogP contribution in [0.25, 0.3) is 0 Å². The Bertz CT molecular complexity index is 2980. The summed E-state index contributed by atoms with van der Waals surface area (Å²) in [5.41, 5.74) is 3.35. The molecule has 2 aliphatic heterocycles. The first-order valence-corrected chi connectivity index (χ1v) is 29.8. The molecule has 1 fully saturated rings. The Hall–Kier alpha value is -8.42. The lowest BCUT2D eigenvalue weighted by Gasteiger charge is -2.39. The van der Waals surface area contributed by atoms with Gasteiger partial charge in [0.05, 0.1) is 65.9 Å². The summed E-state index contributed by atoms with van der Waals surface area (Å²) in [7, 11) is 8.31. The Morgan fingerprint density at radius 1 is 0.830 bits per heavy atom. The molecule has 478 valence electrons. The van der Waals surface area contributed by atoms with E-state index in [2.05, 4.69) is 31.8 Å². The summed E-state index contributed by atoms with van der Waals surface area (Å²) in [5.74, 6) is -4.07. The van der Waals surface area contributed by atoms with E-state index in [1.807, 2.05) is 46.7 Å². The van der Waals surface area contributed by atoms with Crippen LogP contribution in [0.5, 0.6) is 0 Å². The fraction of sp³-hybridized carbons (Fsp3) is 0.524. The van der Waals surface area contributed by atoms with Crippen molar-refractivity contribution < 1.29 is 62.3 Å². The number of hydrogen-bond acceptors (Lipinski definition) is 16. The molecule has 0 aliphatic carbocycles. The molecule has 88 heavy (non-hydrogen) atoms. The highest BCUT2D eigenvalue weighted by Gasteiger charge is 2.43. The molecular formula is C63H87N11O14. The number of imide groups is 1. The molecule has 25 heteroatoms. The van der Waals surface area contributed by atoms with Gasteiger partial charge in [0.1, 0.15) is 11.7 Å². The maximum atomic E-state index is 14.4. The summed E-state index contributed by atoms with van der Waals surface area (Å²) in [6, 6.07) is 16.8. The number of ether oxygens (including phenoxy) is 3. The van der Waals surface area contributed by atoms with Crippen LogP contribution in [0.15, 0.2) is 90.0 Å². The Labute approximate surface area is 514 Å². The number of nitro benzene ring substituents is 1. The van der Waals surface area contributed by atoms with E-state index in [4.69, 9.17) is 14.2 Å². The predicted molar refractivity (Wildman–Crippen MR) is 331 cm³/mol. The van der Waals surface area contributed by atoms with Crippen molar-refractivity contribution in [1.82, 2.24) is 35.7 Å². The monoisotopic (exact) mass is 1220 g/mol. The molecule has 1 saturated heterocycles. The average molecular weight is 1220 g/mol. The molecule has 5 rings (SSSR count). The van der Waals surface area contributed by atoms with Crippen LogP contribution in [-0.4, -0.2) is 175 Å². The van der Waals surface area contributed by atoms with Crippen LogP contribution >= 0.6 is 0 Å². The minimum absolute atomic E-state index is 0.0179. The van der Waals surface area contributed by atoms with E-state index in [1.165, 1.54) is 38.5 Å². The highest BCUT2D eigenvalue weighted by Crippen LogP contribution is 2.31. The molecular weight excluding hydrogens is 1130 g/mol. The van der Waals surface area contributed by atoms with Gasteiger partial charge in [-0.25, -0.2) is 10.2 Å². The summed E-state index contributed by atoms with van der Waals surface area (Å²) >= 11 is 0. The van der Waals surface area contributed by atoms with Crippen LogP contribution in [-0.2, 0) is 47.8 Å². The number of likely N-dealkylation sites (N-methyl/N-ethyl adjacent to an activating group) is 2. The van der Waals surface area contributed by atoms with Gasteiger partial charge in [0.2, 0.25) is 29.5 Å². The number of rotatable bonds is 32. The van der Waals surface area contributed by atoms with Gasteiger partial charge in [-0.3, -0.25) is 63.6 Å². The smallest absolute Gasteiger partial charge is 0.412 e. The highest BCUT2D eigenvalue weighted by molar-refractivity contribution is 6.13. The first kappa shape index (κ1) is 70.3. The van der Waals surface area contributed by atoms with Gasteiger partial charge >= 0.3 is 6.09 Å². The zero-order valence-corrected chi connectivity index (χ0v) is 52.5. The highest BCUT2D eigenvalue weighted by atomic mass is 16.6. The maximum absolute atomic E-state index is 14.4. The van der Waals surface area contributed by atoms with Crippen molar-refractivity contribution in [1.29, 1.82) is 0 Å². The van der Waals surface area contributed by atoms with E-state index >= 15 is 0 Å². The summed E-state index contributed by atoms with van der Waals surface area (Å²) in [5, 5.41) is 27.3. The number of hydrogen-bond donors (Lipinski definition) is 5. The lowest BCUT2D eigenvalue weighted by atomic mass is 9.90. The number of anilines is 2. The van der Waals surface area contributed by atoms with Gasteiger partial charge in [-0.1, -0.05) is 89.9 Å². The second-order valence-corrected chi connectivity index (χ2v) is 22.9. The number of hydrazone groups is 1. The van der Waals surface area contributed by atoms with Crippen LogP contribution in [0.1, 0.15) is 127 Å². The largest absolute Gasteiger partial charge is 0.439 e. The lowest BCUT2D eigenvalue weighted by molar-refractivity contribution is -0.385. The van der Waals surface area contributed by atoms with E-state index in [9.17, 15) is 53.3 Å². The zero-order valence-electron chi connectivity index (χ0n) is 52.5. The number of methoxy groups -OCH3 is 2. The standard InChI is InChI=1S/C63H87N11O14/c1-13-39(4)57(71(10)55(79)37-64-62(82)56(38(2)3)70(8)9)50(86-11)36-54(78)72-34-20-23-48(72)58(87-12)40(5)60(80)65-42(7)59(44-21-16-14-17-22-44)88-63(83)67-45-27-25-43(26-28-45)41(6)68-69-61(81)47-30-29-46(35-49(47)74(84)85)66-51(75)24-18-15-19-33-73-52(76)31-32-53(73)77/h14,16-17,21-22,25-32,35,38-40,42,48,50,56-59H,13,15,18-20,23-24,33-34,36-37H2,1-12H3,(H,64,82)(H,65,80)(H,66,75)(H,67,83)(H,69,81)/b68-41+. The van der Waals surface area contributed by atoms with Crippen molar-refractivity contribution in [2.75, 3.05) is 65.6 Å². The van der Waals surface area contributed by atoms with Gasteiger partial charge in [-0.15, -0.1) is 0 Å². The maximum Gasteiger partial charge on any atom is 0.412 e. The molecule has 0 bridgehead atoms. The molecule has 3 aromatic carbocycles. The Kier molecular flexibility index (Phi) is 26.9. The van der Waals surface area contributed by atoms with Crippen molar-refractivity contribution in [3.63, 3.8) is 0 Å². The van der Waals surface area contributed by atoms with Crippen molar-refractivity contribution in [3.8, 4) is 0 Å². The minimum Gasteiger partial charge on any atom is -0.439 e. The number of amides is 9. The van der Waals surface area contributed by atoms with Gasteiger partial charge in [-0.2, -0.15) is 5.10 Å². The number of benzene rings is 3. The summed E-state index contributed by atoms with van der Waals surface area (Å²) in [6.45, 7) is 13.3. The van der Waals surface area contributed by atoms with Gasteiger partial charge in [0.15, 0.2) is 0 Å². The first-order chi connectivity index (χ1) is 41.8. The van der Waals surface area contributed by atoms with Gasteiger partial charge < -0.3 is 40.0 Å². The fourth-order valence-electron chi connectivity index (χ4n) is 11.3. The van der Waals surface area contributed by atoms with Crippen LogP contribution in [0.4, 0.5) is 21.9 Å². The quantitative estimate of drug-likeness (QED) is 0.0145. The second-order valence-electron chi connectivity index (χ2n) is 22.9. The average Bonchev–Trinajstić information content (AvgIpc) is 3.32. The molecule has 0 aromatic heterocycles. The number of carbonyl (C=O) groups is 9. The van der Waals surface area contributed by atoms with Crippen molar-refractivity contribution in [3.05, 3.63) is 112 Å². The lowest BCUT2D eigenvalue weighted by Crippen LogP contribution is -2.55. The molecule has 9 atom stereocenters. The summed E-state index contributed by atoms with van der Waals surface area (Å²) in [6.07, 6.45) is 2.65. The second kappa shape index (κ2) is 33.6. The van der Waals surface area contributed by atoms with Crippen LogP contribution in [0.3, 0.4) is 0 Å². The number of nitrogens with zero attached hydrogens (tertiary/aromatic N) is 6. The third-order valence-corrected chi connectivity index (χ3v) is 16.1. The Balaban J connectivity index is 1.16. The minimum atomic E-state index is -0.972. The third kappa shape index (κ3) is 19.3. The van der Waals surface area contributed by atoms with E-state index in [-0.39, 0.29) is 78.6 Å². The van der Waals surface area contributed by atoms with Gasteiger partial charge in [-0.05, 0) is 101 Å². The van der Waals surface area contributed by atoms with Crippen LogP contribution in [0, 0.1) is 27.9 Å². The third-order valence-electron chi connectivity index (χ3n) is 16.1. The summed E-state index contributed by atoms with van der Waals surface area (Å²) < 4.78 is 18.0. The Morgan fingerprint density at radius 3 is 2.09 bits per heavy atom. The molecule has 0 spiro atoms. The van der Waals surface area contributed by atoms with Crippen LogP contribution < -0.4 is 26.7 Å². The van der Waals surface area contributed by atoms with Crippen molar-refractivity contribution in [2.45, 2.75) is 142 Å². The molecule has 9 amide bonds. The number of nitro groups is 1. The summed E-state index contributed by atoms with van der Waals surface area (Å²) in [4.78, 5) is 136. The molecule has 25 nitrogen and oxygen atoms in total. The topological polar surface area (TPSA) is 310 Å². The zero-order chi connectivity index (χ0) is 64.9. The van der Waals surface area contributed by atoms with Crippen molar-refractivity contribution >= 4 is 76.1 Å². The molecule has 2 heterocycles. The van der Waals surface area contributed by atoms with E-state index in [0.717, 1.165) is 11.0 Å². The first-order valence-electron chi connectivity index (χ1n) is 29.8. The van der Waals surface area contributed by atoms with Gasteiger partial charge in [0.25, 0.3) is 23.4 Å². The molecule has 3 aromatic rings. The number of likely N-dealkylation sites (tertiary alicyclic amines) is 1. The molecule has 0 radical (unpaired) electrons. The fourth-order valence-corrected chi connectivity index (χ4v) is 11.3. The van der Waals surface area contributed by atoms with Crippen LogP contribution in [0.2, 0.25) is 0 Å². The molecule has 2 aliphatic rings. The molecule has 9 unspecified atom stereocenters. The van der Waals surface area contributed by atoms with E-state index in [1.54, 1.807) is 92.2 Å². The molecule has 0 saturated carbocycles. The van der Waals surface area contributed by atoms with E-state index in [0.29, 0.717) is 67.6 Å². The number of nitrogens with one attached hydrogen (secondary N) is 5. The van der Waals surface area contributed by atoms with Crippen molar-refractivity contribution in [2.24, 2.45) is 22.9 Å².